The molecule has 0 aromatic heterocycles. The first-order valence-corrected chi connectivity index (χ1v) is 1.26. The minimum absolute atomic E-state index is 0. The third kappa shape index (κ3) is 85.0. The molecule has 1 N–H and O–H groups in total. The van der Waals surface area contributed by atoms with Crippen molar-refractivity contribution in [1.82, 2.24) is 0 Å². The van der Waals surface area contributed by atoms with Crippen LogP contribution in [-0.2, 0) is 42.2 Å². The van der Waals surface area contributed by atoms with E-state index in [0.717, 1.165) is 7.11 Å². The molecule has 0 aliphatic heterocycles. The molecular formula is C4H11O3Y-. The number of hydrogen-bond donors (Lipinski definition) is 1. The van der Waals surface area contributed by atoms with Gasteiger partial charge in [-0.25, -0.2) is 0 Å². The summed E-state index contributed by atoms with van der Waals surface area (Å²) in [7, 11) is 2.26. The largest absolute Gasteiger partial charge is 0.655 e. The van der Waals surface area contributed by atoms with E-state index in [1.807, 2.05) is 0 Å². The maximum Gasteiger partial charge on any atom is 0.0362 e. The van der Waals surface area contributed by atoms with Crippen molar-refractivity contribution in [3.63, 3.8) is 0 Å². The first-order chi connectivity index (χ1) is 2.91. The summed E-state index contributed by atoms with van der Waals surface area (Å²) >= 11 is 0. The Labute approximate surface area is 75.3 Å². The Morgan fingerprint density at radius 2 is 1.62 bits per heavy atom. The van der Waals surface area contributed by atoms with E-state index in [2.05, 4.69) is 4.74 Å². The molecule has 0 spiro atoms. The molecule has 0 aromatic carbocycles. The molecular weight excluding hydrogens is 185 g/mol. The van der Waals surface area contributed by atoms with Crippen LogP contribution in [0.15, 0.2) is 0 Å². The van der Waals surface area contributed by atoms with Crippen LogP contribution in [0.5, 0.6) is 0 Å². The first kappa shape index (κ1) is 23.6. The zero-order chi connectivity index (χ0) is 5.41. The van der Waals surface area contributed by atoms with Crippen molar-refractivity contribution in [2.75, 3.05) is 14.2 Å². The van der Waals surface area contributed by atoms with Crippen LogP contribution in [0.4, 0.5) is 0 Å². The zero-order valence-corrected chi connectivity index (χ0v) is 7.18. The second kappa shape index (κ2) is 50.1. The second-order valence-electron chi connectivity index (χ2n) is 0.287. The summed E-state index contributed by atoms with van der Waals surface area (Å²) in [5.74, 6) is 0. The predicted molar refractivity (Wildman–Crippen MR) is 27.6 cm³/mol. The normalized spacial score (nSPS) is 3.38. The molecule has 0 aromatic rings. The van der Waals surface area contributed by atoms with Crippen molar-refractivity contribution in [2.24, 2.45) is 0 Å². The van der Waals surface area contributed by atoms with E-state index in [0.29, 0.717) is 0 Å². The van der Waals surface area contributed by atoms with Gasteiger partial charge in [0.05, 0.1) is 0 Å². The average Bonchev–Trinajstić information content (AvgIpc) is 1.72. The van der Waals surface area contributed by atoms with Crippen LogP contribution in [-0.4, -0.2) is 25.8 Å². The Balaban J connectivity index is -0.0000000183. The van der Waals surface area contributed by atoms with Crippen LogP contribution in [0.2, 0.25) is 0 Å². The van der Waals surface area contributed by atoms with Crippen LogP contribution in [0.3, 0.4) is 0 Å². The van der Waals surface area contributed by atoms with Crippen molar-refractivity contribution in [1.29, 1.82) is 0 Å². The molecule has 0 saturated carbocycles. The molecule has 0 fully saturated rings. The maximum absolute atomic E-state index is 8.83. The standard InChI is InChI=1S/C2H3O2.CH4O.CH4.Y/c1-4-2-3;1-2;;/h1H3;2H,1H3;1H4;/q-1;;;. The summed E-state index contributed by atoms with van der Waals surface area (Å²) < 4.78 is 3.74. The SMILES string of the molecule is C.CO.CO[C-]=O.[Y]. The van der Waals surface area contributed by atoms with Crippen LogP contribution < -0.4 is 0 Å². The number of carbonyl (C=O) groups excluding carboxylic acids is 1. The number of methoxy groups -OCH3 is 1. The van der Waals surface area contributed by atoms with E-state index in [4.69, 9.17) is 9.90 Å². The quantitative estimate of drug-likeness (QED) is 0.597. The van der Waals surface area contributed by atoms with Gasteiger partial charge in [0.15, 0.2) is 0 Å². The van der Waals surface area contributed by atoms with Gasteiger partial charge in [0.2, 0.25) is 0 Å². The van der Waals surface area contributed by atoms with Crippen molar-refractivity contribution < 1.29 is 47.3 Å². The molecule has 0 rings (SSSR count). The van der Waals surface area contributed by atoms with E-state index in [9.17, 15) is 0 Å². The number of aliphatic hydroxyl groups is 1. The van der Waals surface area contributed by atoms with Crippen LogP contribution >= 0.6 is 0 Å². The van der Waals surface area contributed by atoms with Gasteiger partial charge in [0, 0.05) is 46.9 Å². The van der Waals surface area contributed by atoms with Crippen molar-refractivity contribution in [3.05, 3.63) is 0 Å². The Kier molecular flexibility index (Phi) is 148. The van der Waals surface area contributed by atoms with Gasteiger partial charge in [-0.1, -0.05) is 13.9 Å². The summed E-state index contributed by atoms with van der Waals surface area (Å²) in [6.45, 7) is 1.18. The van der Waals surface area contributed by atoms with E-state index < -0.39 is 0 Å². The molecule has 8 heavy (non-hydrogen) atoms. The minimum Gasteiger partial charge on any atom is -0.655 e. The van der Waals surface area contributed by atoms with Gasteiger partial charge in [-0.15, -0.1) is 0 Å². The zero-order valence-electron chi connectivity index (χ0n) is 4.34. The summed E-state index contributed by atoms with van der Waals surface area (Å²) in [6, 6.07) is 0. The van der Waals surface area contributed by atoms with Crippen molar-refractivity contribution in [2.45, 2.75) is 7.43 Å². The summed E-state index contributed by atoms with van der Waals surface area (Å²) in [5.41, 5.74) is 0. The van der Waals surface area contributed by atoms with Gasteiger partial charge >= 0.3 is 0 Å². The maximum atomic E-state index is 8.83. The molecule has 0 saturated heterocycles. The van der Waals surface area contributed by atoms with Gasteiger partial charge in [-0.05, 0) is 0 Å². The monoisotopic (exact) mass is 196 g/mol. The van der Waals surface area contributed by atoms with Crippen molar-refractivity contribution in [3.8, 4) is 0 Å². The molecule has 0 heterocycles. The fraction of sp³-hybridized carbons (Fsp3) is 0.750. The fourth-order valence-electron chi connectivity index (χ4n) is 0. The molecule has 0 bridgehead atoms. The first-order valence-electron chi connectivity index (χ1n) is 1.26. The predicted octanol–water partition coefficient (Wildman–Crippen LogP) is -0.0579. The molecule has 0 aliphatic carbocycles. The number of aliphatic hydroxyl groups excluding tert-OH is 1. The Hall–Kier alpha value is 0.534. The van der Waals surface area contributed by atoms with E-state index in [1.54, 1.807) is 0 Å². The molecule has 0 unspecified atom stereocenters. The summed E-state index contributed by atoms with van der Waals surface area (Å²) in [6.07, 6.45) is 0. The van der Waals surface area contributed by atoms with E-state index in [-0.39, 0.29) is 40.1 Å². The third-order valence-corrected chi connectivity index (χ3v) is 0.0833. The Morgan fingerprint density at radius 1 is 1.50 bits per heavy atom. The summed E-state index contributed by atoms with van der Waals surface area (Å²) in [4.78, 5) is 8.83. The smallest absolute Gasteiger partial charge is 0.0362 e. The fourth-order valence-corrected chi connectivity index (χ4v) is 0. The van der Waals surface area contributed by atoms with Gasteiger partial charge in [-0.3, -0.25) is 0 Å². The van der Waals surface area contributed by atoms with Crippen LogP contribution in [0.1, 0.15) is 7.43 Å². The minimum atomic E-state index is 0. The van der Waals surface area contributed by atoms with Crippen molar-refractivity contribution >= 4 is 6.47 Å². The van der Waals surface area contributed by atoms with Gasteiger partial charge in [0.1, 0.15) is 0 Å². The molecule has 1 radical (unpaired) electrons. The van der Waals surface area contributed by atoms with Gasteiger partial charge in [0.25, 0.3) is 0 Å². The van der Waals surface area contributed by atoms with Crippen LogP contribution in [0.25, 0.3) is 0 Å². The molecule has 0 amide bonds. The number of ether oxygens (including phenoxy) is 1. The Bertz CT molecular complexity index is 25.2. The second-order valence-corrected chi connectivity index (χ2v) is 0.287. The van der Waals surface area contributed by atoms with Gasteiger partial charge in [-0.2, -0.15) is 0 Å². The summed E-state index contributed by atoms with van der Waals surface area (Å²) in [5, 5.41) is 7.00. The van der Waals surface area contributed by atoms with Crippen LogP contribution in [0, 0.1) is 0 Å². The average molecular weight is 196 g/mol. The topological polar surface area (TPSA) is 46.5 Å². The van der Waals surface area contributed by atoms with E-state index >= 15 is 0 Å². The third-order valence-electron chi connectivity index (χ3n) is 0.0833. The molecule has 4 heteroatoms. The van der Waals surface area contributed by atoms with E-state index in [1.165, 1.54) is 13.6 Å². The molecule has 0 aliphatic rings. The Morgan fingerprint density at radius 3 is 1.62 bits per heavy atom. The number of hydrogen-bond acceptors (Lipinski definition) is 3. The molecule has 49 valence electrons. The molecule has 0 atom stereocenters. The van der Waals surface area contributed by atoms with Gasteiger partial charge < -0.3 is 14.6 Å². The molecule has 3 nitrogen and oxygen atoms in total. The number of rotatable bonds is 1.